The van der Waals surface area contributed by atoms with Crippen LogP contribution in [0.3, 0.4) is 0 Å². The summed E-state index contributed by atoms with van der Waals surface area (Å²) in [6.07, 6.45) is 0. The molecular formula is C12H11ClFN3O2. The van der Waals surface area contributed by atoms with Crippen LogP contribution in [0.5, 0.6) is 0 Å². The van der Waals surface area contributed by atoms with Gasteiger partial charge in [-0.15, -0.1) is 0 Å². The fraction of sp³-hybridized carbons (Fsp3) is 0.250. The second kappa shape index (κ2) is 6.71. The number of hydrogen-bond acceptors (Lipinski definition) is 5. The highest BCUT2D eigenvalue weighted by Gasteiger charge is 2.14. The molecule has 0 heterocycles. The maximum Gasteiger partial charge on any atom is 0.353 e. The first-order chi connectivity index (χ1) is 8.99. The monoisotopic (exact) mass is 283 g/mol. The number of rotatable bonds is 4. The maximum absolute atomic E-state index is 13.7. The molecule has 0 bridgehead atoms. The topological polar surface area (TPSA) is 65.7 Å². The summed E-state index contributed by atoms with van der Waals surface area (Å²) >= 11 is 5.64. The molecule has 0 spiro atoms. The molecule has 0 aliphatic heterocycles. The largest absolute Gasteiger partial charge is 0.464 e. The number of ether oxygens (including phenoxy) is 1. The lowest BCUT2D eigenvalue weighted by Gasteiger charge is -2.17. The van der Waals surface area contributed by atoms with E-state index in [0.717, 1.165) is 11.1 Å². The molecule has 1 aromatic carbocycles. The summed E-state index contributed by atoms with van der Waals surface area (Å²) in [5.41, 5.74) is 0.0568. The van der Waals surface area contributed by atoms with Gasteiger partial charge in [-0.3, -0.25) is 0 Å². The highest BCUT2D eigenvalue weighted by Crippen LogP contribution is 2.23. The van der Waals surface area contributed by atoms with Gasteiger partial charge in [-0.2, -0.15) is 10.4 Å². The van der Waals surface area contributed by atoms with Gasteiger partial charge in [-0.25, -0.2) is 14.2 Å². The van der Waals surface area contributed by atoms with E-state index in [1.807, 2.05) is 6.07 Å². The van der Waals surface area contributed by atoms with Crippen LogP contribution in [0.4, 0.5) is 10.1 Å². The number of nitrogens with zero attached hydrogens (tertiary/aromatic N) is 3. The van der Waals surface area contributed by atoms with Crippen LogP contribution in [-0.4, -0.2) is 25.3 Å². The smallest absolute Gasteiger partial charge is 0.353 e. The van der Waals surface area contributed by atoms with E-state index in [0.29, 0.717) is 0 Å². The number of carbonyl (C=O) groups excluding carboxylic acids is 1. The van der Waals surface area contributed by atoms with E-state index in [1.54, 1.807) is 0 Å². The van der Waals surface area contributed by atoms with Crippen LogP contribution in [-0.2, 0) is 9.53 Å². The Morgan fingerprint density at radius 2 is 2.32 bits per heavy atom. The quantitative estimate of drug-likeness (QED) is 0.368. The SMILES string of the molecule is COC(=O)C(C)=NN(CC#N)c1ccc(Cl)cc1F. The minimum Gasteiger partial charge on any atom is -0.464 e. The van der Waals surface area contributed by atoms with Gasteiger partial charge in [-0.1, -0.05) is 11.6 Å². The van der Waals surface area contributed by atoms with E-state index in [4.69, 9.17) is 16.9 Å². The van der Waals surface area contributed by atoms with Crippen LogP contribution >= 0.6 is 11.6 Å². The van der Waals surface area contributed by atoms with Crippen molar-refractivity contribution in [2.24, 2.45) is 5.10 Å². The number of esters is 1. The number of methoxy groups -OCH3 is 1. The van der Waals surface area contributed by atoms with E-state index in [9.17, 15) is 9.18 Å². The van der Waals surface area contributed by atoms with E-state index in [1.165, 1.54) is 26.2 Å². The average Bonchev–Trinajstić information content (AvgIpc) is 2.37. The molecule has 5 nitrogen and oxygen atoms in total. The van der Waals surface area contributed by atoms with Crippen molar-refractivity contribution in [2.45, 2.75) is 6.92 Å². The van der Waals surface area contributed by atoms with Crippen molar-refractivity contribution in [3.63, 3.8) is 0 Å². The normalized spacial score (nSPS) is 10.8. The Kier molecular flexibility index (Phi) is 5.27. The lowest BCUT2D eigenvalue weighted by atomic mass is 10.3. The van der Waals surface area contributed by atoms with Gasteiger partial charge in [-0.05, 0) is 25.1 Å². The van der Waals surface area contributed by atoms with Gasteiger partial charge in [0.25, 0.3) is 0 Å². The van der Waals surface area contributed by atoms with Crippen molar-refractivity contribution < 1.29 is 13.9 Å². The first-order valence-electron chi connectivity index (χ1n) is 5.22. The third-order valence-corrected chi connectivity index (χ3v) is 2.39. The minimum absolute atomic E-state index is 0.00657. The van der Waals surface area contributed by atoms with Gasteiger partial charge in [0, 0.05) is 5.02 Å². The average molecular weight is 284 g/mol. The molecule has 0 amide bonds. The molecular weight excluding hydrogens is 273 g/mol. The molecule has 0 aliphatic rings. The predicted octanol–water partition coefficient (Wildman–Crippen LogP) is 2.36. The van der Waals surface area contributed by atoms with Crippen molar-refractivity contribution in [3.05, 3.63) is 29.0 Å². The molecule has 0 saturated heterocycles. The van der Waals surface area contributed by atoms with Crippen LogP contribution in [0.2, 0.25) is 5.02 Å². The van der Waals surface area contributed by atoms with Crippen molar-refractivity contribution in [1.29, 1.82) is 5.26 Å². The van der Waals surface area contributed by atoms with Crippen molar-refractivity contribution >= 4 is 29.0 Å². The second-order valence-electron chi connectivity index (χ2n) is 3.49. The summed E-state index contributed by atoms with van der Waals surface area (Å²) in [6, 6.07) is 5.78. The first kappa shape index (κ1) is 14.9. The Balaban J connectivity index is 3.14. The van der Waals surface area contributed by atoms with Crippen LogP contribution < -0.4 is 5.01 Å². The number of anilines is 1. The Hall–Kier alpha value is -2.13. The van der Waals surface area contributed by atoms with Gasteiger partial charge in [0.05, 0.1) is 18.9 Å². The lowest BCUT2D eigenvalue weighted by Crippen LogP contribution is -2.23. The fourth-order valence-electron chi connectivity index (χ4n) is 1.30. The lowest BCUT2D eigenvalue weighted by molar-refractivity contribution is -0.132. The number of nitriles is 1. The Labute approximate surface area is 114 Å². The van der Waals surface area contributed by atoms with Gasteiger partial charge in [0.2, 0.25) is 0 Å². The molecule has 0 unspecified atom stereocenters. The van der Waals surface area contributed by atoms with Crippen molar-refractivity contribution in [1.82, 2.24) is 0 Å². The molecule has 0 N–H and O–H groups in total. The summed E-state index contributed by atoms with van der Waals surface area (Å²) in [4.78, 5) is 11.2. The van der Waals surface area contributed by atoms with Crippen LogP contribution in [0.1, 0.15) is 6.92 Å². The van der Waals surface area contributed by atoms with Gasteiger partial charge < -0.3 is 4.74 Å². The second-order valence-corrected chi connectivity index (χ2v) is 3.92. The number of halogens is 2. The molecule has 0 fully saturated rings. The van der Waals surface area contributed by atoms with E-state index >= 15 is 0 Å². The van der Waals surface area contributed by atoms with Gasteiger partial charge in [0.1, 0.15) is 18.1 Å². The summed E-state index contributed by atoms with van der Waals surface area (Å²) in [5, 5.41) is 13.9. The zero-order chi connectivity index (χ0) is 14.4. The number of carbonyl (C=O) groups is 1. The Bertz CT molecular complexity index is 554. The minimum atomic E-state index is -0.655. The molecule has 0 saturated carbocycles. The van der Waals surface area contributed by atoms with E-state index in [-0.39, 0.29) is 23.0 Å². The molecule has 7 heteroatoms. The van der Waals surface area contributed by atoms with E-state index < -0.39 is 11.8 Å². The zero-order valence-electron chi connectivity index (χ0n) is 10.4. The highest BCUT2D eigenvalue weighted by molar-refractivity contribution is 6.35. The Morgan fingerprint density at radius 3 is 2.84 bits per heavy atom. The third kappa shape index (κ3) is 3.93. The number of hydrazone groups is 1. The molecule has 1 rings (SSSR count). The fourth-order valence-corrected chi connectivity index (χ4v) is 1.46. The first-order valence-corrected chi connectivity index (χ1v) is 5.60. The van der Waals surface area contributed by atoms with Crippen molar-refractivity contribution in [2.75, 3.05) is 18.7 Å². The molecule has 0 aromatic heterocycles. The highest BCUT2D eigenvalue weighted by atomic mass is 35.5. The summed E-state index contributed by atoms with van der Waals surface area (Å²) < 4.78 is 18.2. The van der Waals surface area contributed by atoms with E-state index in [2.05, 4.69) is 9.84 Å². The van der Waals surface area contributed by atoms with Crippen LogP contribution in [0, 0.1) is 17.1 Å². The molecule has 0 atom stereocenters. The molecule has 19 heavy (non-hydrogen) atoms. The van der Waals surface area contributed by atoms with Crippen LogP contribution in [0.25, 0.3) is 0 Å². The summed E-state index contributed by atoms with van der Waals surface area (Å²) in [6.45, 7) is 1.19. The van der Waals surface area contributed by atoms with Crippen LogP contribution in [0.15, 0.2) is 23.3 Å². The van der Waals surface area contributed by atoms with Crippen molar-refractivity contribution in [3.8, 4) is 6.07 Å². The summed E-state index contributed by atoms with van der Waals surface area (Å²) in [5.74, 6) is -1.29. The zero-order valence-corrected chi connectivity index (χ0v) is 11.1. The summed E-state index contributed by atoms with van der Waals surface area (Å²) in [7, 11) is 1.21. The molecule has 1 aromatic rings. The standard InChI is InChI=1S/C12H11ClFN3O2/c1-8(12(18)19-2)16-17(6-5-15)11-4-3-9(13)7-10(11)14/h3-4,7H,6H2,1-2H3. The van der Waals surface area contributed by atoms with Gasteiger partial charge in [0.15, 0.2) is 0 Å². The van der Waals surface area contributed by atoms with Gasteiger partial charge >= 0.3 is 5.97 Å². The molecule has 0 radical (unpaired) electrons. The number of hydrogen-bond donors (Lipinski definition) is 0. The third-order valence-electron chi connectivity index (χ3n) is 2.16. The molecule has 0 aliphatic carbocycles. The maximum atomic E-state index is 13.7. The predicted molar refractivity (Wildman–Crippen MR) is 69.5 cm³/mol. The number of benzene rings is 1. The Morgan fingerprint density at radius 1 is 1.63 bits per heavy atom. The molecule has 100 valence electrons.